The summed E-state index contributed by atoms with van der Waals surface area (Å²) in [6.07, 6.45) is 6.83. The number of hydrogen-bond donors (Lipinski definition) is 2. The Morgan fingerprint density at radius 2 is 1.90 bits per heavy atom. The van der Waals surface area contributed by atoms with Crippen LogP contribution in [0, 0.1) is 10.1 Å². The van der Waals surface area contributed by atoms with Crippen molar-refractivity contribution in [1.29, 1.82) is 0 Å². The van der Waals surface area contributed by atoms with E-state index in [9.17, 15) is 14.9 Å². The highest BCUT2D eigenvalue weighted by Gasteiger charge is 2.14. The van der Waals surface area contributed by atoms with Crippen molar-refractivity contribution < 1.29 is 9.72 Å². The molecule has 0 aliphatic heterocycles. The van der Waals surface area contributed by atoms with Gasteiger partial charge in [0.25, 0.3) is 11.6 Å². The van der Waals surface area contributed by atoms with Crippen LogP contribution in [0.4, 0.5) is 11.4 Å². The molecule has 0 saturated carbocycles. The summed E-state index contributed by atoms with van der Waals surface area (Å²) in [5, 5.41) is 13.5. The molecule has 0 unspecified atom stereocenters. The van der Waals surface area contributed by atoms with Crippen LogP contribution in [0.15, 0.2) is 18.2 Å². The number of rotatable bonds is 9. The van der Waals surface area contributed by atoms with Gasteiger partial charge in [-0.05, 0) is 12.5 Å². The highest BCUT2D eigenvalue weighted by Crippen LogP contribution is 2.19. The molecule has 1 rings (SSSR count). The number of hydrogen-bond acceptors (Lipinski definition) is 4. The third-order valence-corrected chi connectivity index (χ3v) is 3.31. The van der Waals surface area contributed by atoms with Crippen LogP contribution in [0.5, 0.6) is 0 Å². The van der Waals surface area contributed by atoms with Crippen molar-refractivity contribution >= 4 is 17.3 Å². The van der Waals surface area contributed by atoms with Crippen LogP contribution in [0.1, 0.15) is 55.8 Å². The Labute approximate surface area is 124 Å². The lowest BCUT2D eigenvalue weighted by Gasteiger charge is -2.07. The highest BCUT2D eigenvalue weighted by molar-refractivity contribution is 5.99. The van der Waals surface area contributed by atoms with Crippen molar-refractivity contribution in [3.05, 3.63) is 33.9 Å². The zero-order chi connectivity index (χ0) is 15.7. The number of nitrogens with two attached hydrogens (primary N) is 1. The average molecular weight is 293 g/mol. The van der Waals surface area contributed by atoms with Gasteiger partial charge in [0.05, 0.1) is 10.5 Å². The molecule has 0 aliphatic rings. The molecule has 0 saturated heterocycles. The number of benzene rings is 1. The fourth-order valence-electron chi connectivity index (χ4n) is 2.06. The predicted octanol–water partition coefficient (Wildman–Crippen LogP) is 3.27. The van der Waals surface area contributed by atoms with Crippen molar-refractivity contribution in [2.24, 2.45) is 0 Å². The second-order valence-electron chi connectivity index (χ2n) is 5.05. The molecule has 0 aromatic heterocycles. The van der Waals surface area contributed by atoms with Gasteiger partial charge in [0.15, 0.2) is 0 Å². The first kappa shape index (κ1) is 16.9. The van der Waals surface area contributed by atoms with E-state index in [-0.39, 0.29) is 22.8 Å². The van der Waals surface area contributed by atoms with Gasteiger partial charge in [-0.1, -0.05) is 39.0 Å². The molecule has 3 N–H and O–H groups in total. The predicted molar refractivity (Wildman–Crippen MR) is 83.2 cm³/mol. The van der Waals surface area contributed by atoms with Crippen LogP contribution in [-0.4, -0.2) is 17.4 Å². The van der Waals surface area contributed by atoms with Crippen LogP contribution in [0.25, 0.3) is 0 Å². The Balaban J connectivity index is 2.41. The van der Waals surface area contributed by atoms with Crippen LogP contribution >= 0.6 is 0 Å². The molecule has 0 spiro atoms. The topological polar surface area (TPSA) is 98.3 Å². The van der Waals surface area contributed by atoms with Gasteiger partial charge in [0, 0.05) is 24.4 Å². The van der Waals surface area contributed by atoms with Gasteiger partial charge in [-0.3, -0.25) is 14.9 Å². The Morgan fingerprint density at radius 1 is 1.24 bits per heavy atom. The average Bonchev–Trinajstić information content (AvgIpc) is 2.46. The minimum absolute atomic E-state index is 0.131. The smallest absolute Gasteiger partial charge is 0.270 e. The van der Waals surface area contributed by atoms with Crippen LogP contribution in [0.3, 0.4) is 0 Å². The summed E-state index contributed by atoms with van der Waals surface area (Å²) in [4.78, 5) is 22.1. The fourth-order valence-corrected chi connectivity index (χ4v) is 2.06. The van der Waals surface area contributed by atoms with Crippen LogP contribution in [-0.2, 0) is 0 Å². The van der Waals surface area contributed by atoms with E-state index in [1.165, 1.54) is 43.9 Å². The van der Waals surface area contributed by atoms with Gasteiger partial charge < -0.3 is 11.1 Å². The van der Waals surface area contributed by atoms with Crippen molar-refractivity contribution in [2.45, 2.75) is 45.4 Å². The van der Waals surface area contributed by atoms with Crippen molar-refractivity contribution in [3.63, 3.8) is 0 Å². The molecule has 0 bridgehead atoms. The Bertz CT molecular complexity index is 489. The minimum Gasteiger partial charge on any atom is -0.398 e. The Morgan fingerprint density at radius 3 is 2.57 bits per heavy atom. The second-order valence-corrected chi connectivity index (χ2v) is 5.05. The first-order chi connectivity index (χ1) is 10.1. The minimum atomic E-state index is -0.538. The number of unbranched alkanes of at least 4 members (excludes halogenated alkanes) is 5. The van der Waals surface area contributed by atoms with Gasteiger partial charge in [-0.2, -0.15) is 0 Å². The van der Waals surface area contributed by atoms with Gasteiger partial charge in [0.2, 0.25) is 0 Å². The normalized spacial score (nSPS) is 10.3. The van der Waals surface area contributed by atoms with E-state index in [4.69, 9.17) is 5.73 Å². The van der Waals surface area contributed by atoms with Crippen LogP contribution in [0.2, 0.25) is 0 Å². The van der Waals surface area contributed by atoms with E-state index in [0.29, 0.717) is 6.54 Å². The third kappa shape index (κ3) is 5.81. The summed E-state index contributed by atoms with van der Waals surface area (Å²) in [7, 11) is 0. The number of nitrogen functional groups attached to an aromatic ring is 1. The molecular weight excluding hydrogens is 270 g/mol. The van der Waals surface area contributed by atoms with E-state index >= 15 is 0 Å². The third-order valence-electron chi connectivity index (χ3n) is 3.31. The van der Waals surface area contributed by atoms with Crippen molar-refractivity contribution in [1.82, 2.24) is 5.32 Å². The van der Waals surface area contributed by atoms with Gasteiger partial charge in [-0.15, -0.1) is 0 Å². The number of anilines is 1. The highest BCUT2D eigenvalue weighted by atomic mass is 16.6. The number of nitrogens with zero attached hydrogens (tertiary/aromatic N) is 1. The van der Waals surface area contributed by atoms with Gasteiger partial charge >= 0.3 is 0 Å². The Hall–Kier alpha value is -2.11. The summed E-state index contributed by atoms with van der Waals surface area (Å²) < 4.78 is 0. The van der Waals surface area contributed by atoms with Crippen LogP contribution < -0.4 is 11.1 Å². The molecule has 1 aromatic rings. The summed E-state index contributed by atoms with van der Waals surface area (Å²) >= 11 is 0. The lowest BCUT2D eigenvalue weighted by atomic mass is 10.1. The van der Waals surface area contributed by atoms with E-state index in [1.807, 2.05) is 0 Å². The molecule has 6 heteroatoms. The molecule has 0 fully saturated rings. The summed E-state index contributed by atoms with van der Waals surface area (Å²) in [5.41, 5.74) is 5.97. The molecule has 0 radical (unpaired) electrons. The number of amides is 1. The molecule has 1 amide bonds. The summed E-state index contributed by atoms with van der Waals surface area (Å²) in [5.74, 6) is -0.357. The molecule has 0 atom stereocenters. The molecule has 1 aromatic carbocycles. The SMILES string of the molecule is CCCCCCCCNC(=O)c1cc([N+](=O)[O-])ccc1N. The number of nitrogens with one attached hydrogen (secondary N) is 1. The molecular formula is C15H23N3O3. The maximum Gasteiger partial charge on any atom is 0.270 e. The van der Waals surface area contributed by atoms with Gasteiger partial charge in [0.1, 0.15) is 0 Å². The molecule has 0 heterocycles. The quantitative estimate of drug-likeness (QED) is 0.316. The standard InChI is InChI=1S/C15H23N3O3/c1-2-3-4-5-6-7-10-17-15(19)13-11-12(18(20)21)8-9-14(13)16/h8-9,11H,2-7,10,16H2,1H3,(H,17,19). The molecule has 116 valence electrons. The van der Waals surface area contributed by atoms with E-state index in [0.717, 1.165) is 12.8 Å². The first-order valence-corrected chi connectivity index (χ1v) is 7.38. The van der Waals surface area contributed by atoms with E-state index in [2.05, 4.69) is 12.2 Å². The maximum absolute atomic E-state index is 12.0. The number of non-ortho nitro benzene ring substituents is 1. The number of nitro groups is 1. The zero-order valence-electron chi connectivity index (χ0n) is 12.4. The lowest BCUT2D eigenvalue weighted by Crippen LogP contribution is -2.25. The zero-order valence-corrected chi connectivity index (χ0v) is 12.4. The molecule has 21 heavy (non-hydrogen) atoms. The lowest BCUT2D eigenvalue weighted by molar-refractivity contribution is -0.384. The maximum atomic E-state index is 12.0. The number of carbonyl (C=O) groups is 1. The van der Waals surface area contributed by atoms with Crippen molar-refractivity contribution in [2.75, 3.05) is 12.3 Å². The van der Waals surface area contributed by atoms with E-state index in [1.54, 1.807) is 0 Å². The van der Waals surface area contributed by atoms with E-state index < -0.39 is 4.92 Å². The molecule has 6 nitrogen and oxygen atoms in total. The second kappa shape index (κ2) is 8.94. The monoisotopic (exact) mass is 293 g/mol. The summed E-state index contributed by atoms with van der Waals surface area (Å²) in [6, 6.07) is 3.89. The number of carbonyl (C=O) groups excluding carboxylic acids is 1. The van der Waals surface area contributed by atoms with Gasteiger partial charge in [-0.25, -0.2) is 0 Å². The largest absolute Gasteiger partial charge is 0.398 e. The summed E-state index contributed by atoms with van der Waals surface area (Å²) in [6.45, 7) is 2.73. The fraction of sp³-hybridized carbons (Fsp3) is 0.533. The van der Waals surface area contributed by atoms with Crippen molar-refractivity contribution in [3.8, 4) is 0 Å². The number of nitro benzene ring substituents is 1. The first-order valence-electron chi connectivity index (χ1n) is 7.38. The Kier molecular flexibility index (Phi) is 7.21. The molecule has 0 aliphatic carbocycles.